The molecule has 0 fully saturated rings. The summed E-state index contributed by atoms with van der Waals surface area (Å²) in [7, 11) is -3.88. The van der Waals surface area contributed by atoms with E-state index in [1.165, 1.54) is 16.4 Å². The van der Waals surface area contributed by atoms with Crippen LogP contribution in [0.3, 0.4) is 0 Å². The molecule has 0 bridgehead atoms. The Morgan fingerprint density at radius 2 is 1.67 bits per heavy atom. The highest BCUT2D eigenvalue weighted by molar-refractivity contribution is 7.89. The van der Waals surface area contributed by atoms with Crippen LogP contribution in [0.25, 0.3) is 10.6 Å². The van der Waals surface area contributed by atoms with Gasteiger partial charge in [-0.2, -0.15) is 4.31 Å². The normalized spacial score (nSPS) is 11.9. The van der Waals surface area contributed by atoms with E-state index in [1.807, 2.05) is 35.7 Å². The number of aromatic nitrogens is 1. The highest BCUT2D eigenvalue weighted by Gasteiger charge is 2.25. The Labute approximate surface area is 238 Å². The molecule has 0 aliphatic carbocycles. The van der Waals surface area contributed by atoms with Crippen molar-refractivity contribution >= 4 is 38.9 Å². The summed E-state index contributed by atoms with van der Waals surface area (Å²) in [5.74, 6) is -0.0453. The van der Waals surface area contributed by atoms with E-state index in [0.29, 0.717) is 16.3 Å². The quantitative estimate of drug-likeness (QED) is 0.196. The van der Waals surface area contributed by atoms with Crippen LogP contribution in [0.4, 0.5) is 0 Å². The van der Waals surface area contributed by atoms with E-state index in [2.05, 4.69) is 4.98 Å². The lowest BCUT2D eigenvalue weighted by atomic mass is 10.1. The Hall–Kier alpha value is -3.24. The van der Waals surface area contributed by atoms with Gasteiger partial charge in [0.25, 0.3) is 0 Å². The molecule has 0 saturated carbocycles. The molecule has 4 aromatic rings. The smallest absolute Gasteiger partial charge is 0.344 e. The van der Waals surface area contributed by atoms with Crippen molar-refractivity contribution in [2.75, 3.05) is 6.61 Å². The lowest BCUT2D eigenvalue weighted by molar-refractivity contribution is -0.157. The van der Waals surface area contributed by atoms with Gasteiger partial charge in [0.05, 0.1) is 4.90 Å². The van der Waals surface area contributed by atoms with Crippen molar-refractivity contribution in [3.63, 3.8) is 0 Å². The summed E-state index contributed by atoms with van der Waals surface area (Å²) in [6.45, 7) is 5.34. The summed E-state index contributed by atoms with van der Waals surface area (Å²) in [6.07, 6.45) is 1.75. The molecule has 0 saturated heterocycles. The van der Waals surface area contributed by atoms with Gasteiger partial charge < -0.3 is 9.47 Å². The van der Waals surface area contributed by atoms with Crippen LogP contribution < -0.4 is 4.74 Å². The molecule has 204 valence electrons. The molecule has 0 spiro atoms. The zero-order chi connectivity index (χ0) is 28.0. The molecule has 4 rings (SSSR count). The monoisotopic (exact) mass is 584 g/mol. The van der Waals surface area contributed by atoms with E-state index >= 15 is 0 Å². The first-order valence-electron chi connectivity index (χ1n) is 12.2. The zero-order valence-corrected chi connectivity index (χ0v) is 24.2. The predicted molar refractivity (Wildman–Crippen MR) is 153 cm³/mol. The second kappa shape index (κ2) is 12.3. The molecule has 0 N–H and O–H groups in total. The molecular formula is C29H29ClN2O5S2. The maximum atomic E-state index is 13.7. The molecule has 10 heteroatoms. The Morgan fingerprint density at radius 1 is 0.974 bits per heavy atom. The summed E-state index contributed by atoms with van der Waals surface area (Å²) < 4.78 is 39.8. The van der Waals surface area contributed by atoms with Gasteiger partial charge >= 0.3 is 5.97 Å². The molecule has 7 nitrogen and oxygen atoms in total. The summed E-state index contributed by atoms with van der Waals surface area (Å²) in [5, 5.41) is 3.26. The fourth-order valence-corrected chi connectivity index (χ4v) is 5.94. The molecule has 0 aliphatic heterocycles. The second-order valence-corrected chi connectivity index (χ2v) is 13.1. The maximum absolute atomic E-state index is 13.7. The summed E-state index contributed by atoms with van der Waals surface area (Å²) >= 11 is 7.54. The molecular weight excluding hydrogens is 556 g/mol. The standard InChI is InChI=1S/C29H29ClN2O5S2/c1-29(2,3)37-27(33)20-36-25-6-4-5-22(17-25)19-32(39(34,35)26-13-11-24(30)12-14-26)18-21-7-9-23(10-8-21)28-31-15-16-38-28/h4-17H,18-20H2,1-3H3. The van der Waals surface area contributed by atoms with Gasteiger partial charge in [-0.1, -0.05) is 48.0 Å². The number of carbonyl (C=O) groups is 1. The third-order valence-corrected chi connectivity index (χ3v) is 8.36. The van der Waals surface area contributed by atoms with E-state index in [-0.39, 0.29) is 24.6 Å². The first-order valence-corrected chi connectivity index (χ1v) is 14.9. The number of hydrogen-bond acceptors (Lipinski definition) is 7. The van der Waals surface area contributed by atoms with Crippen LogP contribution in [0, 0.1) is 0 Å². The molecule has 39 heavy (non-hydrogen) atoms. The molecule has 0 aliphatic rings. The molecule has 0 radical (unpaired) electrons. The second-order valence-electron chi connectivity index (χ2n) is 9.78. The van der Waals surface area contributed by atoms with Gasteiger partial charge in [-0.3, -0.25) is 0 Å². The average Bonchev–Trinajstić information content (AvgIpc) is 3.42. The van der Waals surface area contributed by atoms with Gasteiger partial charge in [0.15, 0.2) is 6.61 Å². The van der Waals surface area contributed by atoms with Crippen molar-refractivity contribution in [2.24, 2.45) is 0 Å². The van der Waals surface area contributed by atoms with Crippen LogP contribution in [0.15, 0.2) is 89.3 Å². The summed E-state index contributed by atoms with van der Waals surface area (Å²) in [6, 6.07) is 20.8. The van der Waals surface area contributed by atoms with Gasteiger partial charge in [0, 0.05) is 35.3 Å². The number of esters is 1. The molecule has 1 aromatic heterocycles. The van der Waals surface area contributed by atoms with Gasteiger partial charge in [-0.15, -0.1) is 11.3 Å². The van der Waals surface area contributed by atoms with Crippen LogP contribution in [0.5, 0.6) is 5.75 Å². The number of carbonyl (C=O) groups excluding carboxylic acids is 1. The highest BCUT2D eigenvalue weighted by Crippen LogP contribution is 2.26. The minimum Gasteiger partial charge on any atom is -0.482 e. The lowest BCUT2D eigenvalue weighted by Crippen LogP contribution is -2.30. The van der Waals surface area contributed by atoms with Crippen molar-refractivity contribution in [3.8, 4) is 16.3 Å². The van der Waals surface area contributed by atoms with Gasteiger partial charge in [0.2, 0.25) is 10.0 Å². The number of halogens is 1. The Morgan fingerprint density at radius 3 is 2.31 bits per heavy atom. The van der Waals surface area contributed by atoms with Crippen LogP contribution in [-0.2, 0) is 32.6 Å². The van der Waals surface area contributed by atoms with Crippen molar-refractivity contribution in [3.05, 3.63) is 101 Å². The zero-order valence-electron chi connectivity index (χ0n) is 21.8. The molecule has 3 aromatic carbocycles. The SMILES string of the molecule is CC(C)(C)OC(=O)COc1cccc(CN(Cc2ccc(-c3nccs3)cc2)S(=O)(=O)c2ccc(Cl)cc2)c1. The van der Waals surface area contributed by atoms with Crippen LogP contribution in [-0.4, -0.2) is 35.9 Å². The van der Waals surface area contributed by atoms with E-state index < -0.39 is 21.6 Å². The van der Waals surface area contributed by atoms with Gasteiger partial charge in [-0.25, -0.2) is 18.2 Å². The van der Waals surface area contributed by atoms with Crippen molar-refractivity contribution in [1.29, 1.82) is 0 Å². The minimum atomic E-state index is -3.88. The number of benzene rings is 3. The Balaban J connectivity index is 1.56. The number of thiazole rings is 1. The number of sulfonamides is 1. The lowest BCUT2D eigenvalue weighted by Gasteiger charge is -2.23. The molecule has 0 amide bonds. The van der Waals surface area contributed by atoms with Crippen LogP contribution in [0.1, 0.15) is 31.9 Å². The number of ether oxygens (including phenoxy) is 2. The molecule has 0 unspecified atom stereocenters. The Bertz CT molecular complexity index is 1500. The van der Waals surface area contributed by atoms with Crippen molar-refractivity contribution in [1.82, 2.24) is 9.29 Å². The first-order chi connectivity index (χ1) is 18.5. The van der Waals surface area contributed by atoms with Crippen molar-refractivity contribution in [2.45, 2.75) is 44.4 Å². The predicted octanol–water partition coefficient (Wildman–Crippen LogP) is 6.58. The van der Waals surface area contributed by atoms with E-state index in [9.17, 15) is 13.2 Å². The van der Waals surface area contributed by atoms with E-state index in [0.717, 1.165) is 16.1 Å². The summed E-state index contributed by atoms with van der Waals surface area (Å²) in [5.41, 5.74) is 1.88. The average molecular weight is 585 g/mol. The van der Waals surface area contributed by atoms with Gasteiger partial charge in [0.1, 0.15) is 16.4 Å². The third-order valence-electron chi connectivity index (χ3n) is 5.48. The maximum Gasteiger partial charge on any atom is 0.344 e. The fourth-order valence-electron chi connectivity index (χ4n) is 3.75. The minimum absolute atomic E-state index is 0.0861. The van der Waals surface area contributed by atoms with E-state index in [4.69, 9.17) is 21.1 Å². The topological polar surface area (TPSA) is 85.8 Å². The fraction of sp³-hybridized carbons (Fsp3) is 0.241. The van der Waals surface area contributed by atoms with E-state index in [1.54, 1.807) is 68.6 Å². The van der Waals surface area contributed by atoms with Gasteiger partial charge in [-0.05, 0) is 68.3 Å². The first kappa shape index (κ1) is 28.8. The highest BCUT2D eigenvalue weighted by atomic mass is 35.5. The van der Waals surface area contributed by atoms with Crippen molar-refractivity contribution < 1.29 is 22.7 Å². The molecule has 1 heterocycles. The van der Waals surface area contributed by atoms with Crippen LogP contribution >= 0.6 is 22.9 Å². The molecule has 0 atom stereocenters. The summed E-state index contributed by atoms with van der Waals surface area (Å²) in [4.78, 5) is 16.5. The van der Waals surface area contributed by atoms with Crippen LogP contribution in [0.2, 0.25) is 5.02 Å². The third kappa shape index (κ3) is 8.12. The number of rotatable bonds is 10. The largest absolute Gasteiger partial charge is 0.482 e. The number of nitrogens with zero attached hydrogens (tertiary/aromatic N) is 2. The number of hydrogen-bond donors (Lipinski definition) is 0. The Kier molecular flexibility index (Phi) is 9.07.